The highest BCUT2D eigenvalue weighted by atomic mass is 79.9. The average Bonchev–Trinajstić information content (AvgIpc) is 2.42. The lowest BCUT2D eigenvalue weighted by molar-refractivity contribution is 0.357. The molecule has 1 aliphatic rings. The molecule has 0 aliphatic carbocycles. The Morgan fingerprint density at radius 1 is 0.700 bits per heavy atom. The molecule has 1 heterocycles. The van der Waals surface area contributed by atoms with Gasteiger partial charge in [-0.3, -0.25) is 0 Å². The van der Waals surface area contributed by atoms with Crippen LogP contribution in [0.2, 0.25) is 15.1 Å². The Morgan fingerprint density at radius 2 is 1.20 bits per heavy atom. The molecule has 1 aliphatic heterocycles. The van der Waals surface area contributed by atoms with E-state index in [9.17, 15) is 0 Å². The van der Waals surface area contributed by atoms with Gasteiger partial charge in [-0.2, -0.15) is 0 Å². The Bertz CT molecular complexity index is 686. The third-order valence-electron chi connectivity index (χ3n) is 2.59. The van der Waals surface area contributed by atoms with E-state index in [1.54, 1.807) is 12.1 Å². The molecule has 0 fully saturated rings. The summed E-state index contributed by atoms with van der Waals surface area (Å²) in [4.78, 5) is 0. The molecular formula is C12H2Br3Cl3O2. The number of fused-ring (bicyclic) bond motifs is 2. The predicted octanol–water partition coefficient (Wildman–Crippen LogP) is 7.83. The lowest BCUT2D eigenvalue weighted by Crippen LogP contribution is -2.01. The average molecular weight is 524 g/mol. The van der Waals surface area contributed by atoms with Crippen molar-refractivity contribution in [2.75, 3.05) is 0 Å². The molecule has 0 radical (unpaired) electrons. The molecule has 0 saturated carbocycles. The van der Waals surface area contributed by atoms with Crippen molar-refractivity contribution in [1.29, 1.82) is 0 Å². The first kappa shape index (κ1) is 15.3. The molecule has 8 heteroatoms. The summed E-state index contributed by atoms with van der Waals surface area (Å²) >= 11 is 28.4. The number of rotatable bonds is 0. The van der Waals surface area contributed by atoms with Crippen LogP contribution in [0.25, 0.3) is 0 Å². The van der Waals surface area contributed by atoms with E-state index in [4.69, 9.17) is 44.3 Å². The van der Waals surface area contributed by atoms with Crippen LogP contribution in [0.4, 0.5) is 0 Å². The minimum atomic E-state index is 0.281. The standard InChI is InChI=1S/C12H2Br3Cl3O2/c13-3-1-5-11(7(15)8(3)16)19-6-2-4(14)9(17)10(18)12(6)20-5/h1-2H. The largest absolute Gasteiger partial charge is 0.448 e. The number of halogens is 6. The molecule has 104 valence electrons. The van der Waals surface area contributed by atoms with Crippen LogP contribution in [0.15, 0.2) is 25.6 Å². The molecule has 0 spiro atoms. The summed E-state index contributed by atoms with van der Waals surface area (Å²) in [6.45, 7) is 0. The fraction of sp³-hybridized carbons (Fsp3) is 0. The van der Waals surface area contributed by atoms with Gasteiger partial charge in [-0.1, -0.05) is 34.8 Å². The monoisotopic (exact) mass is 520 g/mol. The van der Waals surface area contributed by atoms with Gasteiger partial charge in [-0.25, -0.2) is 0 Å². The molecule has 3 rings (SSSR count). The second-order valence-electron chi connectivity index (χ2n) is 3.83. The van der Waals surface area contributed by atoms with E-state index in [0.717, 1.165) is 0 Å². The topological polar surface area (TPSA) is 18.5 Å². The van der Waals surface area contributed by atoms with Gasteiger partial charge in [-0.05, 0) is 47.8 Å². The van der Waals surface area contributed by atoms with E-state index in [-0.39, 0.29) is 5.02 Å². The molecular weight excluding hydrogens is 522 g/mol. The van der Waals surface area contributed by atoms with Gasteiger partial charge in [0.25, 0.3) is 0 Å². The Labute approximate surface area is 154 Å². The number of benzene rings is 2. The summed E-state index contributed by atoms with van der Waals surface area (Å²) in [6.07, 6.45) is 0. The van der Waals surface area contributed by atoms with Crippen LogP contribution in [-0.4, -0.2) is 0 Å². The van der Waals surface area contributed by atoms with Crippen molar-refractivity contribution in [1.82, 2.24) is 0 Å². The maximum atomic E-state index is 6.18. The highest BCUT2D eigenvalue weighted by Crippen LogP contribution is 2.56. The third kappa shape index (κ3) is 2.36. The summed E-state index contributed by atoms with van der Waals surface area (Å²) in [7, 11) is 0. The van der Waals surface area contributed by atoms with Crippen molar-refractivity contribution in [2.24, 2.45) is 0 Å². The lowest BCUT2D eigenvalue weighted by Gasteiger charge is -2.24. The zero-order chi connectivity index (χ0) is 14.6. The maximum absolute atomic E-state index is 6.18. The number of ether oxygens (including phenoxy) is 2. The molecule has 0 bridgehead atoms. The van der Waals surface area contributed by atoms with E-state index in [0.29, 0.717) is 46.5 Å². The van der Waals surface area contributed by atoms with Gasteiger partial charge in [0.15, 0.2) is 23.0 Å². The normalized spacial score (nSPS) is 12.3. The minimum absolute atomic E-state index is 0.281. The van der Waals surface area contributed by atoms with Gasteiger partial charge in [-0.15, -0.1) is 0 Å². The molecule has 0 unspecified atom stereocenters. The van der Waals surface area contributed by atoms with Crippen molar-refractivity contribution in [3.05, 3.63) is 40.6 Å². The van der Waals surface area contributed by atoms with Gasteiger partial charge < -0.3 is 9.47 Å². The summed E-state index contributed by atoms with van der Waals surface area (Å²) in [5, 5.41) is 1.14. The summed E-state index contributed by atoms with van der Waals surface area (Å²) in [5.74, 6) is 1.79. The first-order chi connectivity index (χ1) is 9.40. The fourth-order valence-electron chi connectivity index (χ4n) is 1.68. The van der Waals surface area contributed by atoms with Crippen molar-refractivity contribution in [3.63, 3.8) is 0 Å². The minimum Gasteiger partial charge on any atom is -0.448 e. The number of hydrogen-bond donors (Lipinski definition) is 0. The fourth-order valence-corrected chi connectivity index (χ4v) is 3.87. The van der Waals surface area contributed by atoms with Gasteiger partial charge in [0.2, 0.25) is 0 Å². The lowest BCUT2D eigenvalue weighted by atomic mass is 10.2. The SMILES string of the molecule is Clc1c(Br)cc2c(c1Cl)Oc1cc(Br)c(Cl)c(Br)c1O2. The first-order valence-electron chi connectivity index (χ1n) is 5.11. The molecule has 0 atom stereocenters. The summed E-state index contributed by atoms with van der Waals surface area (Å²) in [6, 6.07) is 3.40. The van der Waals surface area contributed by atoms with E-state index >= 15 is 0 Å². The Kier molecular flexibility index (Phi) is 4.21. The highest BCUT2D eigenvalue weighted by molar-refractivity contribution is 9.11. The Balaban J connectivity index is 2.22. The molecule has 0 saturated heterocycles. The van der Waals surface area contributed by atoms with E-state index in [2.05, 4.69) is 47.8 Å². The highest BCUT2D eigenvalue weighted by Gasteiger charge is 2.28. The molecule has 2 aromatic carbocycles. The molecule has 20 heavy (non-hydrogen) atoms. The van der Waals surface area contributed by atoms with Crippen LogP contribution < -0.4 is 9.47 Å². The second-order valence-corrected chi connectivity index (χ2v) is 7.47. The third-order valence-corrected chi connectivity index (χ3v) is 6.53. The first-order valence-corrected chi connectivity index (χ1v) is 8.62. The van der Waals surface area contributed by atoms with E-state index < -0.39 is 0 Å². The molecule has 2 aromatic rings. The van der Waals surface area contributed by atoms with Crippen LogP contribution in [-0.2, 0) is 0 Å². The molecule has 0 amide bonds. The predicted molar refractivity (Wildman–Crippen MR) is 91.2 cm³/mol. The molecule has 0 aromatic heterocycles. The Morgan fingerprint density at radius 3 is 1.85 bits per heavy atom. The van der Waals surface area contributed by atoms with Crippen molar-refractivity contribution in [3.8, 4) is 23.0 Å². The van der Waals surface area contributed by atoms with Gasteiger partial charge in [0, 0.05) is 21.1 Å². The van der Waals surface area contributed by atoms with Crippen LogP contribution in [0.5, 0.6) is 23.0 Å². The van der Waals surface area contributed by atoms with Gasteiger partial charge in [0.05, 0.1) is 14.5 Å². The van der Waals surface area contributed by atoms with Crippen molar-refractivity contribution in [2.45, 2.75) is 0 Å². The van der Waals surface area contributed by atoms with Crippen molar-refractivity contribution < 1.29 is 9.47 Å². The van der Waals surface area contributed by atoms with Gasteiger partial charge in [0.1, 0.15) is 5.02 Å². The second kappa shape index (κ2) is 5.52. The van der Waals surface area contributed by atoms with E-state index in [1.807, 2.05) is 0 Å². The van der Waals surface area contributed by atoms with Crippen molar-refractivity contribution >= 4 is 82.6 Å². The zero-order valence-corrected chi connectivity index (χ0v) is 16.3. The quantitative estimate of drug-likeness (QED) is 0.279. The van der Waals surface area contributed by atoms with Crippen LogP contribution in [0.1, 0.15) is 0 Å². The van der Waals surface area contributed by atoms with Crippen LogP contribution in [0, 0.1) is 0 Å². The zero-order valence-electron chi connectivity index (χ0n) is 9.24. The van der Waals surface area contributed by atoms with Gasteiger partial charge >= 0.3 is 0 Å². The van der Waals surface area contributed by atoms with Crippen LogP contribution in [0.3, 0.4) is 0 Å². The smallest absolute Gasteiger partial charge is 0.190 e. The molecule has 2 nitrogen and oxygen atoms in total. The summed E-state index contributed by atoms with van der Waals surface area (Å²) < 4.78 is 13.5. The Hall–Kier alpha value is 0.350. The number of hydrogen-bond acceptors (Lipinski definition) is 2. The molecule has 0 N–H and O–H groups in total. The van der Waals surface area contributed by atoms with E-state index in [1.165, 1.54) is 0 Å². The maximum Gasteiger partial charge on any atom is 0.190 e. The summed E-state index contributed by atoms with van der Waals surface area (Å²) in [5.41, 5.74) is 0. The van der Waals surface area contributed by atoms with Crippen LogP contribution >= 0.6 is 82.6 Å².